The molecule has 1 atom stereocenters. The van der Waals surface area contributed by atoms with Gasteiger partial charge in [-0.1, -0.05) is 19.3 Å². The molecule has 2 rings (SSSR count). The predicted molar refractivity (Wildman–Crippen MR) is 84.6 cm³/mol. The lowest BCUT2D eigenvalue weighted by Crippen LogP contribution is -2.36. The van der Waals surface area contributed by atoms with Crippen molar-refractivity contribution in [2.24, 2.45) is 5.92 Å². The summed E-state index contributed by atoms with van der Waals surface area (Å²) in [5.41, 5.74) is 0.133. The highest BCUT2D eigenvalue weighted by atomic mass is 79.9. The van der Waals surface area contributed by atoms with Crippen LogP contribution in [-0.2, 0) is 12.1 Å². The average molecular weight is 344 g/mol. The van der Waals surface area contributed by atoms with E-state index in [1.807, 2.05) is 17.8 Å². The highest BCUT2D eigenvalue weighted by Gasteiger charge is 2.38. The van der Waals surface area contributed by atoms with E-state index in [0.29, 0.717) is 5.92 Å². The molecule has 0 radical (unpaired) electrons. The molecule has 0 spiro atoms. The van der Waals surface area contributed by atoms with Gasteiger partial charge in [-0.2, -0.15) is 5.10 Å². The first kappa shape index (κ1) is 16.0. The largest absolute Gasteiger partial charge is 0.384 e. The molecule has 1 unspecified atom stereocenters. The lowest BCUT2D eigenvalue weighted by molar-refractivity contribution is -0.0297. The van der Waals surface area contributed by atoms with Crippen LogP contribution in [0.15, 0.2) is 10.7 Å². The van der Waals surface area contributed by atoms with E-state index >= 15 is 0 Å². The monoisotopic (exact) mass is 343 g/mol. The average Bonchev–Trinajstić information content (AvgIpc) is 2.79. The molecular weight excluding hydrogens is 318 g/mol. The Bertz CT molecular complexity index is 436. The molecule has 114 valence electrons. The summed E-state index contributed by atoms with van der Waals surface area (Å²) >= 11 is 3.57. The molecule has 1 aromatic rings. The number of hydrogen-bond acceptors (Lipinski definition) is 3. The summed E-state index contributed by atoms with van der Waals surface area (Å²) < 4.78 is 2.88. The number of hydrogen-bond donors (Lipinski definition) is 1. The van der Waals surface area contributed by atoms with Crippen LogP contribution < -0.4 is 0 Å². The van der Waals surface area contributed by atoms with Gasteiger partial charge >= 0.3 is 0 Å². The van der Waals surface area contributed by atoms with Gasteiger partial charge in [0.05, 0.1) is 22.9 Å². The van der Waals surface area contributed by atoms with E-state index in [1.54, 1.807) is 0 Å². The van der Waals surface area contributed by atoms with Gasteiger partial charge in [-0.15, -0.1) is 0 Å². The Morgan fingerprint density at radius 2 is 2.05 bits per heavy atom. The van der Waals surface area contributed by atoms with Crippen molar-refractivity contribution in [2.45, 2.75) is 51.2 Å². The summed E-state index contributed by atoms with van der Waals surface area (Å²) in [5.74, 6) is 0.336. The van der Waals surface area contributed by atoms with Crippen LogP contribution in [0.1, 0.15) is 44.7 Å². The van der Waals surface area contributed by atoms with Crippen LogP contribution in [0.4, 0.5) is 0 Å². The van der Waals surface area contributed by atoms with Crippen molar-refractivity contribution in [1.82, 2.24) is 14.7 Å². The molecule has 20 heavy (non-hydrogen) atoms. The highest BCUT2D eigenvalue weighted by Crippen LogP contribution is 2.41. The Kier molecular flexibility index (Phi) is 5.26. The number of halogens is 1. The van der Waals surface area contributed by atoms with Gasteiger partial charge in [0, 0.05) is 6.54 Å². The fourth-order valence-electron chi connectivity index (χ4n) is 3.19. The van der Waals surface area contributed by atoms with Gasteiger partial charge < -0.3 is 10.0 Å². The number of aromatic nitrogens is 2. The summed E-state index contributed by atoms with van der Waals surface area (Å²) in [6, 6.07) is 0. The van der Waals surface area contributed by atoms with Crippen molar-refractivity contribution in [3.8, 4) is 0 Å². The number of likely N-dealkylation sites (N-methyl/N-ethyl adjacent to an activating group) is 1. The second-order valence-corrected chi connectivity index (χ2v) is 7.20. The fourth-order valence-corrected chi connectivity index (χ4v) is 3.89. The van der Waals surface area contributed by atoms with Gasteiger partial charge in [-0.3, -0.25) is 4.68 Å². The van der Waals surface area contributed by atoms with Crippen LogP contribution >= 0.6 is 15.9 Å². The molecule has 1 aliphatic rings. The smallest absolute Gasteiger partial charge is 0.107 e. The van der Waals surface area contributed by atoms with Crippen LogP contribution in [0.5, 0.6) is 0 Å². The molecule has 1 N–H and O–H groups in total. The van der Waals surface area contributed by atoms with E-state index in [9.17, 15) is 5.11 Å². The van der Waals surface area contributed by atoms with Gasteiger partial charge in [-0.05, 0) is 55.7 Å². The minimum atomic E-state index is -0.804. The van der Waals surface area contributed by atoms with Crippen LogP contribution in [0.2, 0.25) is 0 Å². The van der Waals surface area contributed by atoms with Crippen LogP contribution in [0, 0.1) is 5.92 Å². The molecule has 0 amide bonds. The zero-order valence-corrected chi connectivity index (χ0v) is 14.4. The summed E-state index contributed by atoms with van der Waals surface area (Å²) in [7, 11) is 4.11. The summed E-state index contributed by atoms with van der Waals surface area (Å²) in [6.07, 6.45) is 7.78. The second-order valence-electron chi connectivity index (χ2n) is 6.35. The van der Waals surface area contributed by atoms with Crippen molar-refractivity contribution in [1.29, 1.82) is 0 Å². The number of nitrogens with zero attached hydrogens (tertiary/aromatic N) is 3. The van der Waals surface area contributed by atoms with E-state index in [1.165, 1.54) is 19.3 Å². The summed E-state index contributed by atoms with van der Waals surface area (Å²) in [5, 5.41) is 15.6. The third-order valence-corrected chi connectivity index (χ3v) is 5.01. The topological polar surface area (TPSA) is 41.3 Å². The lowest BCUT2D eigenvalue weighted by atomic mass is 9.76. The predicted octanol–water partition coefficient (Wildman–Crippen LogP) is 3.00. The summed E-state index contributed by atoms with van der Waals surface area (Å²) in [6.45, 7) is 3.68. The van der Waals surface area contributed by atoms with E-state index in [4.69, 9.17) is 0 Å². The number of rotatable bonds is 5. The van der Waals surface area contributed by atoms with Crippen LogP contribution in [-0.4, -0.2) is 40.4 Å². The highest BCUT2D eigenvalue weighted by molar-refractivity contribution is 9.10. The maximum atomic E-state index is 11.1. The maximum absolute atomic E-state index is 11.1. The first-order valence-corrected chi connectivity index (χ1v) is 8.31. The number of aliphatic hydroxyl groups is 1. The molecule has 1 aromatic heterocycles. The van der Waals surface area contributed by atoms with E-state index in [2.05, 4.69) is 40.0 Å². The zero-order valence-electron chi connectivity index (χ0n) is 12.8. The molecule has 0 saturated heterocycles. The Hall–Kier alpha value is -0.390. The molecular formula is C15H26BrN3O. The quantitative estimate of drug-likeness (QED) is 0.893. The van der Waals surface area contributed by atoms with Gasteiger partial charge in [0.2, 0.25) is 0 Å². The Morgan fingerprint density at radius 1 is 1.40 bits per heavy atom. The molecule has 1 aliphatic carbocycles. The first-order chi connectivity index (χ1) is 9.43. The Balaban J connectivity index is 2.22. The van der Waals surface area contributed by atoms with Gasteiger partial charge in [0.1, 0.15) is 5.60 Å². The molecule has 0 bridgehead atoms. The van der Waals surface area contributed by atoms with Crippen molar-refractivity contribution in [3.05, 3.63) is 16.4 Å². The van der Waals surface area contributed by atoms with Crippen LogP contribution in [0.3, 0.4) is 0 Å². The maximum Gasteiger partial charge on any atom is 0.107 e. The molecule has 1 fully saturated rings. The second kappa shape index (κ2) is 6.58. The molecule has 0 aromatic carbocycles. The van der Waals surface area contributed by atoms with Crippen molar-refractivity contribution >= 4 is 15.9 Å². The van der Waals surface area contributed by atoms with E-state index in [-0.39, 0.29) is 0 Å². The van der Waals surface area contributed by atoms with Crippen molar-refractivity contribution in [3.63, 3.8) is 0 Å². The zero-order chi connectivity index (χ0) is 14.8. The van der Waals surface area contributed by atoms with E-state index in [0.717, 1.165) is 36.1 Å². The normalized spacial score (nSPS) is 20.3. The SMILES string of the molecule is CN(C)CCn1ncc(Br)c1C(C)(O)C1CCCCC1. The molecule has 4 nitrogen and oxygen atoms in total. The summed E-state index contributed by atoms with van der Waals surface area (Å²) in [4.78, 5) is 2.13. The van der Waals surface area contributed by atoms with Crippen LogP contribution in [0.25, 0.3) is 0 Å². The van der Waals surface area contributed by atoms with E-state index < -0.39 is 5.60 Å². The minimum Gasteiger partial charge on any atom is -0.384 e. The Morgan fingerprint density at radius 3 is 2.65 bits per heavy atom. The Labute approximate surface area is 130 Å². The third-order valence-electron chi connectivity index (χ3n) is 4.43. The first-order valence-electron chi connectivity index (χ1n) is 7.52. The van der Waals surface area contributed by atoms with Crippen molar-refractivity contribution in [2.75, 3.05) is 20.6 Å². The van der Waals surface area contributed by atoms with Gasteiger partial charge in [0.15, 0.2) is 0 Å². The molecule has 0 aliphatic heterocycles. The fraction of sp³-hybridized carbons (Fsp3) is 0.800. The minimum absolute atomic E-state index is 0.336. The lowest BCUT2D eigenvalue weighted by Gasteiger charge is -2.36. The molecule has 1 heterocycles. The van der Waals surface area contributed by atoms with Crippen molar-refractivity contribution < 1.29 is 5.11 Å². The van der Waals surface area contributed by atoms with Gasteiger partial charge in [0.25, 0.3) is 0 Å². The third kappa shape index (κ3) is 3.43. The molecule has 5 heteroatoms. The molecule has 1 saturated carbocycles. The standard InChI is InChI=1S/C15H26BrN3O/c1-15(20,12-7-5-4-6-8-12)14-13(16)11-17-19(14)10-9-18(2)3/h11-12,20H,4-10H2,1-3H3. The van der Waals surface area contributed by atoms with Gasteiger partial charge in [-0.25, -0.2) is 0 Å².